The van der Waals surface area contributed by atoms with Gasteiger partial charge in [0.25, 0.3) is 5.91 Å². The maximum Gasteiger partial charge on any atom is 0.271 e. The molecule has 0 saturated heterocycles. The van der Waals surface area contributed by atoms with Crippen molar-refractivity contribution in [1.29, 1.82) is 0 Å². The molecule has 1 amide bonds. The summed E-state index contributed by atoms with van der Waals surface area (Å²) in [6.07, 6.45) is 4.75. The Bertz CT molecular complexity index is 390. The summed E-state index contributed by atoms with van der Waals surface area (Å²) in [6.45, 7) is 6.81. The van der Waals surface area contributed by atoms with E-state index in [0.29, 0.717) is 30.5 Å². The van der Waals surface area contributed by atoms with Crippen LogP contribution in [-0.4, -0.2) is 34.1 Å². The molecule has 106 valence electrons. The number of carbonyl (C=O) groups excluding carboxylic acids is 1. The van der Waals surface area contributed by atoms with E-state index >= 15 is 0 Å². The Morgan fingerprint density at radius 3 is 2.63 bits per heavy atom. The Morgan fingerprint density at radius 2 is 2.11 bits per heavy atom. The van der Waals surface area contributed by atoms with Crippen LogP contribution in [0.25, 0.3) is 0 Å². The third-order valence-electron chi connectivity index (χ3n) is 2.91. The molecule has 0 aliphatic rings. The molecule has 5 heteroatoms. The van der Waals surface area contributed by atoms with Gasteiger partial charge in [0.1, 0.15) is 5.69 Å². The minimum Gasteiger partial charge on any atom is -0.396 e. The summed E-state index contributed by atoms with van der Waals surface area (Å²) in [5.41, 5.74) is 1.12. The number of nitrogens with one attached hydrogen (secondary N) is 1. The molecule has 2 N–H and O–H groups in total. The van der Waals surface area contributed by atoms with Crippen LogP contribution in [0.4, 0.5) is 0 Å². The molecule has 1 aromatic rings. The Kier molecular flexibility index (Phi) is 6.42. The number of aliphatic hydroxyl groups is 1. The number of aromatic nitrogens is 2. The molecule has 0 fully saturated rings. The molecule has 0 aromatic carbocycles. The molecule has 0 radical (unpaired) electrons. The topological polar surface area (TPSA) is 75.1 Å². The Morgan fingerprint density at radius 1 is 1.37 bits per heavy atom. The molecule has 0 bridgehead atoms. The normalized spacial score (nSPS) is 12.5. The van der Waals surface area contributed by atoms with Crippen LogP contribution < -0.4 is 5.32 Å². The van der Waals surface area contributed by atoms with Crippen LogP contribution in [0.2, 0.25) is 0 Å². The van der Waals surface area contributed by atoms with Crippen LogP contribution in [0.3, 0.4) is 0 Å². The van der Waals surface area contributed by atoms with Gasteiger partial charge in [-0.15, -0.1) is 0 Å². The number of rotatable bonds is 7. The zero-order valence-corrected chi connectivity index (χ0v) is 11.9. The highest BCUT2D eigenvalue weighted by Gasteiger charge is 2.13. The highest BCUT2D eigenvalue weighted by molar-refractivity contribution is 5.91. The fraction of sp³-hybridized carbons (Fsp3) is 0.643. The van der Waals surface area contributed by atoms with E-state index in [1.807, 2.05) is 6.92 Å². The smallest absolute Gasteiger partial charge is 0.271 e. The van der Waals surface area contributed by atoms with Gasteiger partial charge in [-0.1, -0.05) is 13.8 Å². The standard InChI is InChI=1S/C14H23N3O2/c1-10(2)6-12(4-5-18)8-17-14(19)13-9-15-11(3)7-16-13/h7,9-10,12,18H,4-6,8H2,1-3H3,(H,17,19). The zero-order valence-electron chi connectivity index (χ0n) is 11.9. The fourth-order valence-electron chi connectivity index (χ4n) is 1.99. The van der Waals surface area contributed by atoms with Crippen molar-refractivity contribution in [3.63, 3.8) is 0 Å². The second-order valence-corrected chi connectivity index (χ2v) is 5.26. The predicted molar refractivity (Wildman–Crippen MR) is 73.8 cm³/mol. The van der Waals surface area contributed by atoms with Crippen molar-refractivity contribution in [3.05, 3.63) is 23.8 Å². The summed E-state index contributed by atoms with van der Waals surface area (Å²) >= 11 is 0. The Labute approximate surface area is 114 Å². The van der Waals surface area contributed by atoms with E-state index in [4.69, 9.17) is 5.11 Å². The summed E-state index contributed by atoms with van der Waals surface area (Å²) in [7, 11) is 0. The molecule has 0 spiro atoms. The third-order valence-corrected chi connectivity index (χ3v) is 2.91. The molecular formula is C14H23N3O2. The first kappa shape index (κ1) is 15.6. The number of aliphatic hydroxyl groups excluding tert-OH is 1. The summed E-state index contributed by atoms with van der Waals surface area (Å²) in [5, 5.41) is 11.9. The van der Waals surface area contributed by atoms with E-state index in [1.54, 1.807) is 6.20 Å². The second-order valence-electron chi connectivity index (χ2n) is 5.26. The van der Waals surface area contributed by atoms with Crippen LogP contribution in [-0.2, 0) is 0 Å². The second kappa shape index (κ2) is 7.84. The van der Waals surface area contributed by atoms with Crippen molar-refractivity contribution in [2.75, 3.05) is 13.2 Å². The largest absolute Gasteiger partial charge is 0.396 e. The molecular weight excluding hydrogens is 242 g/mol. The number of amides is 1. The number of carbonyl (C=O) groups is 1. The lowest BCUT2D eigenvalue weighted by atomic mass is 9.94. The lowest BCUT2D eigenvalue weighted by molar-refractivity contribution is 0.0936. The van der Waals surface area contributed by atoms with Gasteiger partial charge in [-0.2, -0.15) is 0 Å². The monoisotopic (exact) mass is 265 g/mol. The fourth-order valence-corrected chi connectivity index (χ4v) is 1.99. The van der Waals surface area contributed by atoms with Gasteiger partial charge in [0.05, 0.1) is 11.9 Å². The molecule has 1 atom stereocenters. The van der Waals surface area contributed by atoms with Crippen LogP contribution in [0.5, 0.6) is 0 Å². The highest BCUT2D eigenvalue weighted by atomic mass is 16.3. The van der Waals surface area contributed by atoms with Gasteiger partial charge in [-0.25, -0.2) is 4.98 Å². The molecule has 1 aromatic heterocycles. The molecule has 0 aliphatic heterocycles. The van der Waals surface area contributed by atoms with Crippen LogP contribution in [0.15, 0.2) is 12.4 Å². The van der Waals surface area contributed by atoms with Gasteiger partial charge in [-0.3, -0.25) is 9.78 Å². The van der Waals surface area contributed by atoms with E-state index in [9.17, 15) is 4.79 Å². The van der Waals surface area contributed by atoms with E-state index < -0.39 is 0 Å². The highest BCUT2D eigenvalue weighted by Crippen LogP contribution is 2.14. The quantitative estimate of drug-likeness (QED) is 0.784. The van der Waals surface area contributed by atoms with E-state index in [2.05, 4.69) is 29.1 Å². The van der Waals surface area contributed by atoms with Crippen LogP contribution in [0, 0.1) is 18.8 Å². The summed E-state index contributed by atoms with van der Waals surface area (Å²) in [5.74, 6) is 0.638. The lowest BCUT2D eigenvalue weighted by Crippen LogP contribution is -2.31. The number of hydrogen-bond acceptors (Lipinski definition) is 4. The van der Waals surface area contributed by atoms with Crippen LogP contribution in [0.1, 0.15) is 42.9 Å². The van der Waals surface area contributed by atoms with Gasteiger partial charge in [0, 0.05) is 19.3 Å². The molecule has 1 heterocycles. The lowest BCUT2D eigenvalue weighted by Gasteiger charge is -2.18. The van der Waals surface area contributed by atoms with Gasteiger partial charge in [0.2, 0.25) is 0 Å². The Balaban J connectivity index is 2.49. The molecule has 5 nitrogen and oxygen atoms in total. The van der Waals surface area contributed by atoms with Gasteiger partial charge in [-0.05, 0) is 31.6 Å². The van der Waals surface area contributed by atoms with E-state index in [0.717, 1.165) is 12.1 Å². The van der Waals surface area contributed by atoms with E-state index in [-0.39, 0.29) is 12.5 Å². The predicted octanol–water partition coefficient (Wildman–Crippen LogP) is 1.56. The van der Waals surface area contributed by atoms with Crippen molar-refractivity contribution in [1.82, 2.24) is 15.3 Å². The van der Waals surface area contributed by atoms with Gasteiger partial charge < -0.3 is 10.4 Å². The summed E-state index contributed by atoms with van der Waals surface area (Å²) in [4.78, 5) is 20.0. The zero-order chi connectivity index (χ0) is 14.3. The Hall–Kier alpha value is -1.49. The molecule has 19 heavy (non-hydrogen) atoms. The summed E-state index contributed by atoms with van der Waals surface area (Å²) in [6, 6.07) is 0. The average Bonchev–Trinajstić information content (AvgIpc) is 2.36. The number of aryl methyl sites for hydroxylation is 1. The number of hydrogen-bond donors (Lipinski definition) is 2. The van der Waals surface area contributed by atoms with Crippen molar-refractivity contribution in [3.8, 4) is 0 Å². The summed E-state index contributed by atoms with van der Waals surface area (Å²) < 4.78 is 0. The number of nitrogens with zero attached hydrogens (tertiary/aromatic N) is 2. The first-order valence-electron chi connectivity index (χ1n) is 6.70. The maximum atomic E-state index is 11.9. The first-order valence-corrected chi connectivity index (χ1v) is 6.70. The minimum atomic E-state index is -0.209. The first-order chi connectivity index (χ1) is 9.02. The average molecular weight is 265 g/mol. The molecule has 0 saturated carbocycles. The minimum absolute atomic E-state index is 0.150. The van der Waals surface area contributed by atoms with Gasteiger partial charge >= 0.3 is 0 Å². The molecule has 1 unspecified atom stereocenters. The van der Waals surface area contributed by atoms with Crippen molar-refractivity contribution >= 4 is 5.91 Å². The van der Waals surface area contributed by atoms with Crippen molar-refractivity contribution in [2.45, 2.75) is 33.6 Å². The van der Waals surface area contributed by atoms with Crippen molar-refractivity contribution < 1.29 is 9.90 Å². The van der Waals surface area contributed by atoms with Crippen LogP contribution >= 0.6 is 0 Å². The SMILES string of the molecule is Cc1cnc(C(=O)NCC(CCO)CC(C)C)cn1. The van der Waals surface area contributed by atoms with Crippen molar-refractivity contribution in [2.24, 2.45) is 11.8 Å². The molecule has 1 rings (SSSR count). The third kappa shape index (κ3) is 5.79. The maximum absolute atomic E-state index is 11.9. The van der Waals surface area contributed by atoms with Gasteiger partial charge in [0.15, 0.2) is 0 Å². The molecule has 0 aliphatic carbocycles. The van der Waals surface area contributed by atoms with E-state index in [1.165, 1.54) is 6.20 Å².